The molecule has 0 aliphatic carbocycles. The third-order valence-electron chi connectivity index (χ3n) is 3.89. The van der Waals surface area contributed by atoms with Crippen LogP contribution in [0, 0.1) is 0 Å². The summed E-state index contributed by atoms with van der Waals surface area (Å²) in [6.45, 7) is 2.10. The number of rotatable bonds is 3. The maximum Gasteiger partial charge on any atom is 0.318 e. The summed E-state index contributed by atoms with van der Waals surface area (Å²) >= 11 is 0. The van der Waals surface area contributed by atoms with E-state index in [0.717, 1.165) is 12.8 Å². The zero-order valence-corrected chi connectivity index (χ0v) is 12.0. The second-order valence-electron chi connectivity index (χ2n) is 5.47. The highest BCUT2D eigenvalue weighted by molar-refractivity contribution is 5.87. The summed E-state index contributed by atoms with van der Waals surface area (Å²) in [5.74, 6) is -0.141. The van der Waals surface area contributed by atoms with E-state index in [9.17, 15) is 18.4 Å². The molecule has 0 spiro atoms. The summed E-state index contributed by atoms with van der Waals surface area (Å²) in [4.78, 5) is 27.1. The molecule has 2 fully saturated rings. The molecular formula is C13H22F2N4O2. The van der Waals surface area contributed by atoms with Gasteiger partial charge in [0.25, 0.3) is 6.43 Å². The van der Waals surface area contributed by atoms with Gasteiger partial charge in [-0.05, 0) is 19.3 Å². The van der Waals surface area contributed by atoms with E-state index in [0.29, 0.717) is 39.1 Å². The van der Waals surface area contributed by atoms with Crippen molar-refractivity contribution in [3.05, 3.63) is 0 Å². The van der Waals surface area contributed by atoms with Crippen molar-refractivity contribution >= 4 is 11.9 Å². The van der Waals surface area contributed by atoms with Crippen molar-refractivity contribution in [1.29, 1.82) is 0 Å². The second kappa shape index (κ2) is 7.53. The molecular weight excluding hydrogens is 282 g/mol. The number of amides is 3. The molecule has 2 aliphatic rings. The van der Waals surface area contributed by atoms with E-state index in [1.807, 2.05) is 0 Å². The summed E-state index contributed by atoms with van der Waals surface area (Å²) in [5.41, 5.74) is 0. The number of hydrogen-bond acceptors (Lipinski definition) is 3. The number of carbonyl (C=O) groups is 2. The lowest BCUT2D eigenvalue weighted by Gasteiger charge is -2.35. The molecule has 2 heterocycles. The van der Waals surface area contributed by atoms with Crippen LogP contribution in [0.15, 0.2) is 0 Å². The quantitative estimate of drug-likeness (QED) is 0.785. The molecule has 6 nitrogen and oxygen atoms in total. The van der Waals surface area contributed by atoms with E-state index in [2.05, 4.69) is 10.6 Å². The third-order valence-corrected chi connectivity index (χ3v) is 3.89. The first-order valence-corrected chi connectivity index (χ1v) is 7.40. The first-order chi connectivity index (χ1) is 10.1. The molecule has 1 unspecified atom stereocenters. The van der Waals surface area contributed by atoms with Crippen LogP contribution in [0.4, 0.5) is 13.6 Å². The Kier molecular flexibility index (Phi) is 5.72. The van der Waals surface area contributed by atoms with E-state index < -0.39 is 12.5 Å². The molecule has 0 aromatic heterocycles. The van der Waals surface area contributed by atoms with Crippen molar-refractivity contribution in [2.24, 2.45) is 0 Å². The Morgan fingerprint density at radius 2 is 2.00 bits per heavy atom. The van der Waals surface area contributed by atoms with Crippen LogP contribution in [0.25, 0.3) is 0 Å². The number of nitrogens with zero attached hydrogens (tertiary/aromatic N) is 2. The second-order valence-corrected chi connectivity index (χ2v) is 5.47. The maximum atomic E-state index is 12.3. The monoisotopic (exact) mass is 304 g/mol. The molecule has 3 amide bonds. The lowest BCUT2D eigenvalue weighted by Crippen LogP contribution is -2.56. The van der Waals surface area contributed by atoms with E-state index in [1.165, 1.54) is 0 Å². The van der Waals surface area contributed by atoms with Gasteiger partial charge in [0, 0.05) is 32.7 Å². The average Bonchev–Trinajstić information content (AvgIpc) is 2.64. The smallest absolute Gasteiger partial charge is 0.318 e. The van der Waals surface area contributed by atoms with Gasteiger partial charge in [-0.15, -0.1) is 0 Å². The highest BCUT2D eigenvalue weighted by Gasteiger charge is 2.27. The molecule has 2 saturated heterocycles. The van der Waals surface area contributed by atoms with Crippen LogP contribution in [0.3, 0.4) is 0 Å². The van der Waals surface area contributed by atoms with Crippen molar-refractivity contribution in [3.63, 3.8) is 0 Å². The van der Waals surface area contributed by atoms with Crippen LogP contribution >= 0.6 is 0 Å². The maximum absolute atomic E-state index is 12.3. The summed E-state index contributed by atoms with van der Waals surface area (Å²) < 4.78 is 24.6. The Hall–Kier alpha value is -1.44. The van der Waals surface area contributed by atoms with Crippen molar-refractivity contribution < 1.29 is 18.4 Å². The van der Waals surface area contributed by atoms with Crippen LogP contribution in [0.1, 0.15) is 19.3 Å². The molecule has 0 radical (unpaired) electrons. The van der Waals surface area contributed by atoms with Gasteiger partial charge in [0.2, 0.25) is 5.91 Å². The number of hydrogen-bond donors (Lipinski definition) is 2. The van der Waals surface area contributed by atoms with Crippen LogP contribution in [-0.4, -0.2) is 73.5 Å². The summed E-state index contributed by atoms with van der Waals surface area (Å²) in [7, 11) is 0. The normalized spacial score (nSPS) is 24.6. The number of alkyl halides is 2. The molecule has 2 N–H and O–H groups in total. The fraction of sp³-hybridized carbons (Fsp3) is 0.846. The van der Waals surface area contributed by atoms with Gasteiger partial charge in [-0.3, -0.25) is 9.69 Å². The van der Waals surface area contributed by atoms with Gasteiger partial charge in [0.15, 0.2) is 0 Å². The van der Waals surface area contributed by atoms with E-state index in [-0.39, 0.29) is 18.5 Å². The molecule has 21 heavy (non-hydrogen) atoms. The van der Waals surface area contributed by atoms with Gasteiger partial charge < -0.3 is 15.5 Å². The van der Waals surface area contributed by atoms with Crippen molar-refractivity contribution in [2.45, 2.75) is 31.7 Å². The average molecular weight is 304 g/mol. The largest absolute Gasteiger partial charge is 0.354 e. The summed E-state index contributed by atoms with van der Waals surface area (Å²) in [5, 5.41) is 5.51. The Morgan fingerprint density at radius 3 is 2.67 bits per heavy atom. The summed E-state index contributed by atoms with van der Waals surface area (Å²) in [6, 6.07) is -0.771. The molecule has 0 saturated carbocycles. The van der Waals surface area contributed by atoms with Crippen LogP contribution in [-0.2, 0) is 4.79 Å². The molecule has 2 aliphatic heterocycles. The van der Waals surface area contributed by atoms with Gasteiger partial charge in [-0.1, -0.05) is 0 Å². The minimum absolute atomic E-state index is 0.141. The number of carbonyl (C=O) groups excluding carboxylic acids is 2. The van der Waals surface area contributed by atoms with E-state index in [4.69, 9.17) is 0 Å². The zero-order valence-electron chi connectivity index (χ0n) is 12.0. The van der Waals surface area contributed by atoms with E-state index >= 15 is 0 Å². The van der Waals surface area contributed by atoms with Crippen LogP contribution in [0.5, 0.6) is 0 Å². The fourth-order valence-corrected chi connectivity index (χ4v) is 2.65. The Bertz CT molecular complexity index is 373. The van der Waals surface area contributed by atoms with Crippen molar-refractivity contribution in [1.82, 2.24) is 20.4 Å². The molecule has 0 aromatic carbocycles. The van der Waals surface area contributed by atoms with Crippen LogP contribution < -0.4 is 10.6 Å². The molecule has 120 valence electrons. The Balaban J connectivity index is 1.77. The Labute approximate surface area is 122 Å². The topological polar surface area (TPSA) is 64.7 Å². The van der Waals surface area contributed by atoms with Crippen molar-refractivity contribution in [3.8, 4) is 0 Å². The SMILES string of the molecule is O=C1NCCCCC1NC(=O)N1CCN(CC(F)F)CC1. The third kappa shape index (κ3) is 4.80. The standard InChI is InChI=1S/C13H22F2N4O2/c14-11(15)9-18-5-7-19(8-6-18)13(21)17-10-3-1-2-4-16-12(10)20/h10-11H,1-9H2,(H,16,20)(H,17,21). The van der Waals surface area contributed by atoms with Crippen molar-refractivity contribution in [2.75, 3.05) is 39.3 Å². The first-order valence-electron chi connectivity index (χ1n) is 7.40. The van der Waals surface area contributed by atoms with Gasteiger partial charge in [0.1, 0.15) is 6.04 Å². The predicted molar refractivity (Wildman–Crippen MR) is 73.2 cm³/mol. The molecule has 0 aromatic rings. The van der Waals surface area contributed by atoms with Gasteiger partial charge in [-0.25, -0.2) is 13.6 Å². The highest BCUT2D eigenvalue weighted by atomic mass is 19.3. The first kappa shape index (κ1) is 15.9. The molecule has 0 bridgehead atoms. The number of halogens is 2. The fourth-order valence-electron chi connectivity index (χ4n) is 2.65. The minimum atomic E-state index is -2.35. The number of nitrogens with one attached hydrogen (secondary N) is 2. The lowest BCUT2D eigenvalue weighted by molar-refractivity contribution is -0.122. The lowest BCUT2D eigenvalue weighted by atomic mass is 10.1. The van der Waals surface area contributed by atoms with Gasteiger partial charge in [0.05, 0.1) is 6.54 Å². The summed E-state index contributed by atoms with van der Waals surface area (Å²) in [6.07, 6.45) is 0.110. The molecule has 8 heteroatoms. The Morgan fingerprint density at radius 1 is 1.29 bits per heavy atom. The number of piperazine rings is 1. The highest BCUT2D eigenvalue weighted by Crippen LogP contribution is 2.08. The molecule has 2 rings (SSSR count). The molecule has 1 atom stereocenters. The predicted octanol–water partition coefficient (Wildman–Crippen LogP) is 0.247. The van der Waals surface area contributed by atoms with Gasteiger partial charge >= 0.3 is 6.03 Å². The number of urea groups is 1. The zero-order chi connectivity index (χ0) is 15.2. The van der Waals surface area contributed by atoms with E-state index in [1.54, 1.807) is 9.80 Å². The van der Waals surface area contributed by atoms with Gasteiger partial charge in [-0.2, -0.15) is 0 Å². The van der Waals surface area contributed by atoms with Crippen LogP contribution in [0.2, 0.25) is 0 Å². The minimum Gasteiger partial charge on any atom is -0.354 e.